The van der Waals surface area contributed by atoms with E-state index in [1.165, 1.54) is 10.4 Å². The highest BCUT2D eigenvalue weighted by molar-refractivity contribution is 7.89. The molecule has 146 valence electrons. The lowest BCUT2D eigenvalue weighted by Crippen LogP contribution is -2.38. The quantitative estimate of drug-likeness (QED) is 0.788. The van der Waals surface area contributed by atoms with Gasteiger partial charge in [-0.3, -0.25) is 4.79 Å². The van der Waals surface area contributed by atoms with Crippen molar-refractivity contribution in [3.8, 4) is 5.75 Å². The fourth-order valence-electron chi connectivity index (χ4n) is 3.08. The van der Waals surface area contributed by atoms with E-state index in [1.54, 1.807) is 29.6 Å². The molecule has 0 spiro atoms. The van der Waals surface area contributed by atoms with Crippen LogP contribution in [0, 0.1) is 5.92 Å². The number of rotatable bonds is 6. The Morgan fingerprint density at radius 3 is 2.74 bits per heavy atom. The van der Waals surface area contributed by atoms with Crippen LogP contribution in [0.15, 0.2) is 40.6 Å². The summed E-state index contributed by atoms with van der Waals surface area (Å²) < 4.78 is 32.5. The van der Waals surface area contributed by atoms with Gasteiger partial charge in [-0.25, -0.2) is 8.42 Å². The first-order valence-electron chi connectivity index (χ1n) is 9.03. The van der Waals surface area contributed by atoms with Crippen molar-refractivity contribution in [1.82, 2.24) is 4.31 Å². The van der Waals surface area contributed by atoms with Gasteiger partial charge in [0.1, 0.15) is 5.75 Å². The minimum absolute atomic E-state index is 0.193. The van der Waals surface area contributed by atoms with Gasteiger partial charge >= 0.3 is 0 Å². The van der Waals surface area contributed by atoms with Crippen LogP contribution in [0.2, 0.25) is 0 Å². The first-order valence-corrected chi connectivity index (χ1v) is 11.3. The molecule has 27 heavy (non-hydrogen) atoms. The first kappa shape index (κ1) is 19.9. The molecule has 1 amide bonds. The van der Waals surface area contributed by atoms with Gasteiger partial charge in [-0.15, -0.1) is 11.3 Å². The highest BCUT2D eigenvalue weighted by Gasteiger charge is 2.30. The Morgan fingerprint density at radius 1 is 1.33 bits per heavy atom. The second kappa shape index (κ2) is 8.41. The van der Waals surface area contributed by atoms with E-state index in [4.69, 9.17) is 4.74 Å². The van der Waals surface area contributed by atoms with Gasteiger partial charge < -0.3 is 10.1 Å². The van der Waals surface area contributed by atoms with Crippen molar-refractivity contribution in [3.05, 3.63) is 40.6 Å². The zero-order valence-corrected chi connectivity index (χ0v) is 17.1. The van der Waals surface area contributed by atoms with Crippen LogP contribution in [0.25, 0.3) is 0 Å². The normalized spacial score (nSPS) is 18.2. The maximum absolute atomic E-state index is 12.8. The average molecular weight is 409 g/mol. The van der Waals surface area contributed by atoms with Gasteiger partial charge in [-0.2, -0.15) is 4.31 Å². The number of thiophene rings is 1. The molecule has 0 unspecified atom stereocenters. The van der Waals surface area contributed by atoms with E-state index in [0.29, 0.717) is 36.2 Å². The molecule has 8 heteroatoms. The Hall–Kier alpha value is -1.90. The number of benzene rings is 1. The SMILES string of the molecule is CCOc1ccc(NC(=O)c2cc(S(=O)(=O)N3CCC[C@@H](C)C3)cs2)cc1. The molecule has 0 saturated carbocycles. The van der Waals surface area contributed by atoms with Gasteiger partial charge in [0.05, 0.1) is 16.4 Å². The van der Waals surface area contributed by atoms with E-state index in [1.807, 2.05) is 6.92 Å². The largest absolute Gasteiger partial charge is 0.494 e. The maximum Gasteiger partial charge on any atom is 0.265 e. The fraction of sp³-hybridized carbons (Fsp3) is 0.421. The van der Waals surface area contributed by atoms with E-state index in [2.05, 4.69) is 12.2 Å². The van der Waals surface area contributed by atoms with Gasteiger partial charge in [0, 0.05) is 24.2 Å². The molecule has 6 nitrogen and oxygen atoms in total. The van der Waals surface area contributed by atoms with Crippen molar-refractivity contribution in [1.29, 1.82) is 0 Å². The Bertz CT molecular complexity index is 891. The molecule has 0 bridgehead atoms. The lowest BCUT2D eigenvalue weighted by Gasteiger charge is -2.29. The first-order chi connectivity index (χ1) is 12.9. The van der Waals surface area contributed by atoms with Crippen LogP contribution in [0.3, 0.4) is 0 Å². The number of hydrogen-bond donors (Lipinski definition) is 1. The third-order valence-electron chi connectivity index (χ3n) is 4.48. The zero-order valence-electron chi connectivity index (χ0n) is 15.5. The summed E-state index contributed by atoms with van der Waals surface area (Å²) in [5.74, 6) is 0.767. The smallest absolute Gasteiger partial charge is 0.265 e. The second-order valence-electron chi connectivity index (χ2n) is 6.67. The molecular formula is C19H24N2O4S2. The molecule has 1 atom stereocenters. The third-order valence-corrected chi connectivity index (χ3v) is 7.40. The predicted octanol–water partition coefficient (Wildman–Crippen LogP) is 3.82. The summed E-state index contributed by atoms with van der Waals surface area (Å²) in [6.07, 6.45) is 1.92. The maximum atomic E-state index is 12.8. The van der Waals surface area contributed by atoms with Crippen LogP contribution >= 0.6 is 11.3 Å². The summed E-state index contributed by atoms with van der Waals surface area (Å²) in [5.41, 5.74) is 0.631. The van der Waals surface area contributed by atoms with Crippen LogP contribution in [0.5, 0.6) is 5.75 Å². The number of piperidine rings is 1. The Morgan fingerprint density at radius 2 is 2.07 bits per heavy atom. The van der Waals surface area contributed by atoms with Crippen molar-refractivity contribution in [2.75, 3.05) is 25.0 Å². The van der Waals surface area contributed by atoms with E-state index in [-0.39, 0.29) is 10.8 Å². The van der Waals surface area contributed by atoms with Crippen LogP contribution in [-0.4, -0.2) is 38.3 Å². The lowest BCUT2D eigenvalue weighted by atomic mass is 10.0. The van der Waals surface area contributed by atoms with E-state index < -0.39 is 10.0 Å². The summed E-state index contributed by atoms with van der Waals surface area (Å²) in [6.45, 7) is 5.61. The molecule has 0 aliphatic carbocycles. The summed E-state index contributed by atoms with van der Waals surface area (Å²) in [5, 5.41) is 4.33. The van der Waals surface area contributed by atoms with Crippen molar-refractivity contribution >= 4 is 33.0 Å². The molecule has 2 heterocycles. The fourth-order valence-corrected chi connectivity index (χ4v) is 5.84. The van der Waals surface area contributed by atoms with Crippen molar-refractivity contribution < 1.29 is 17.9 Å². The second-order valence-corrected chi connectivity index (χ2v) is 9.52. The molecule has 1 fully saturated rings. The molecule has 0 radical (unpaired) electrons. The van der Waals surface area contributed by atoms with Crippen LogP contribution < -0.4 is 10.1 Å². The highest BCUT2D eigenvalue weighted by Crippen LogP contribution is 2.27. The number of carbonyl (C=O) groups is 1. The number of carbonyl (C=O) groups excluding carboxylic acids is 1. The molecule has 1 aromatic heterocycles. The number of nitrogens with one attached hydrogen (secondary N) is 1. The van der Waals surface area contributed by atoms with Crippen molar-refractivity contribution in [3.63, 3.8) is 0 Å². The molecule has 1 aliphatic rings. The number of amides is 1. The van der Waals surface area contributed by atoms with Gasteiger partial charge in [0.2, 0.25) is 10.0 Å². The summed E-state index contributed by atoms with van der Waals surface area (Å²) in [4.78, 5) is 13.0. The van der Waals surface area contributed by atoms with Gasteiger partial charge in [-0.05, 0) is 56.0 Å². The molecule has 1 N–H and O–H groups in total. The number of sulfonamides is 1. The number of hydrogen-bond acceptors (Lipinski definition) is 5. The molecule has 3 rings (SSSR count). The van der Waals surface area contributed by atoms with Crippen LogP contribution in [-0.2, 0) is 10.0 Å². The Labute approximate surface area is 164 Å². The highest BCUT2D eigenvalue weighted by atomic mass is 32.2. The topological polar surface area (TPSA) is 75.7 Å². The number of nitrogens with zero attached hydrogens (tertiary/aromatic N) is 1. The third kappa shape index (κ3) is 4.69. The minimum atomic E-state index is -3.55. The lowest BCUT2D eigenvalue weighted by molar-refractivity contribution is 0.103. The van der Waals surface area contributed by atoms with Crippen molar-refractivity contribution in [2.45, 2.75) is 31.6 Å². The molecule has 1 aliphatic heterocycles. The van der Waals surface area contributed by atoms with Crippen LogP contribution in [0.4, 0.5) is 5.69 Å². The molecular weight excluding hydrogens is 384 g/mol. The van der Waals surface area contributed by atoms with Gasteiger partial charge in [0.15, 0.2) is 0 Å². The zero-order chi connectivity index (χ0) is 19.4. The molecule has 1 saturated heterocycles. The summed E-state index contributed by atoms with van der Waals surface area (Å²) in [6, 6.07) is 8.53. The molecule has 2 aromatic rings. The Kier molecular flexibility index (Phi) is 6.18. The summed E-state index contributed by atoms with van der Waals surface area (Å²) in [7, 11) is -3.55. The standard InChI is InChI=1S/C19H24N2O4S2/c1-3-25-16-8-6-15(7-9-16)20-19(22)18-11-17(13-26-18)27(23,24)21-10-4-5-14(2)12-21/h6-9,11,13-14H,3-5,10,12H2,1-2H3,(H,20,22)/t14-/m1/s1. The average Bonchev–Trinajstić information content (AvgIpc) is 3.15. The van der Waals surface area contributed by atoms with E-state index in [0.717, 1.165) is 29.9 Å². The van der Waals surface area contributed by atoms with Crippen molar-refractivity contribution in [2.24, 2.45) is 5.92 Å². The molecule has 1 aromatic carbocycles. The summed E-state index contributed by atoms with van der Waals surface area (Å²) >= 11 is 1.14. The number of ether oxygens (including phenoxy) is 1. The number of anilines is 1. The van der Waals surface area contributed by atoms with Gasteiger partial charge in [-0.1, -0.05) is 6.92 Å². The van der Waals surface area contributed by atoms with E-state index in [9.17, 15) is 13.2 Å². The van der Waals surface area contributed by atoms with Gasteiger partial charge in [0.25, 0.3) is 5.91 Å². The monoisotopic (exact) mass is 408 g/mol. The predicted molar refractivity (Wildman–Crippen MR) is 107 cm³/mol. The minimum Gasteiger partial charge on any atom is -0.494 e. The van der Waals surface area contributed by atoms with Crippen LogP contribution in [0.1, 0.15) is 36.4 Å². The van der Waals surface area contributed by atoms with E-state index >= 15 is 0 Å². The Balaban J connectivity index is 1.70.